The van der Waals surface area contributed by atoms with Crippen LogP contribution in [0.3, 0.4) is 0 Å². The first-order valence-corrected chi connectivity index (χ1v) is 10.7. The summed E-state index contributed by atoms with van der Waals surface area (Å²) in [5.41, 5.74) is 1.25. The molecule has 4 N–H and O–H groups in total. The molecule has 2 aromatic rings. The molecule has 12 nitrogen and oxygen atoms in total. The first-order chi connectivity index (χ1) is 17.4. The predicted octanol–water partition coefficient (Wildman–Crippen LogP) is 2.08. The lowest BCUT2D eigenvalue weighted by Crippen LogP contribution is -2.31. The topological polar surface area (TPSA) is 178 Å². The molecule has 2 rings (SSSR count). The number of benzene rings is 1. The maximum absolute atomic E-state index is 9.55. The average Bonchev–Trinajstić information content (AvgIpc) is 2.85. The summed E-state index contributed by atoms with van der Waals surface area (Å²) in [5.74, 6) is -3.13. The number of carboxylic acids is 4. The normalized spacial score (nSPS) is 10.2. The average molecular weight is 518 g/mol. The summed E-state index contributed by atoms with van der Waals surface area (Å²) in [6, 6.07) is 14.2. The van der Waals surface area contributed by atoms with E-state index in [4.69, 9.17) is 25.2 Å². The number of pyridine rings is 1. The van der Waals surface area contributed by atoms with Crippen LogP contribution in [0, 0.1) is 0 Å². The molecule has 1 heterocycles. The van der Waals surface area contributed by atoms with Gasteiger partial charge >= 0.3 is 23.9 Å². The number of anilines is 1. The Bertz CT molecular complexity index is 971. The van der Waals surface area contributed by atoms with E-state index in [-0.39, 0.29) is 0 Å². The molecule has 0 atom stereocenters. The van der Waals surface area contributed by atoms with Crippen molar-refractivity contribution in [3.05, 3.63) is 78.5 Å². The van der Waals surface area contributed by atoms with Crippen molar-refractivity contribution in [3.8, 4) is 5.75 Å². The molecule has 0 aliphatic heterocycles. The Morgan fingerprint density at radius 1 is 0.784 bits per heavy atom. The lowest BCUT2D eigenvalue weighted by molar-refractivity contribution is -0.134. The van der Waals surface area contributed by atoms with E-state index >= 15 is 0 Å². The molecule has 0 fully saturated rings. The van der Waals surface area contributed by atoms with Crippen LogP contribution in [0.2, 0.25) is 0 Å². The number of ether oxygens (including phenoxy) is 1. The Kier molecular flexibility index (Phi) is 16.2. The summed E-state index contributed by atoms with van der Waals surface area (Å²) in [5, 5.41) is 31.2. The second-order valence-electron chi connectivity index (χ2n) is 7.28. The molecule has 37 heavy (non-hydrogen) atoms. The number of rotatable bonds is 11. The second-order valence-corrected chi connectivity index (χ2v) is 7.28. The largest absolute Gasteiger partial charge is 0.497 e. The van der Waals surface area contributed by atoms with Crippen LogP contribution >= 0.6 is 0 Å². The highest BCUT2D eigenvalue weighted by molar-refractivity contribution is 5.90. The summed E-state index contributed by atoms with van der Waals surface area (Å²) in [6.45, 7) is 2.78. The fourth-order valence-electron chi connectivity index (χ4n) is 2.37. The fourth-order valence-corrected chi connectivity index (χ4v) is 2.37. The van der Waals surface area contributed by atoms with Crippen LogP contribution in [-0.4, -0.2) is 88.5 Å². The van der Waals surface area contributed by atoms with Crippen molar-refractivity contribution in [1.29, 1.82) is 0 Å². The van der Waals surface area contributed by atoms with Gasteiger partial charge in [0, 0.05) is 50.1 Å². The smallest absolute Gasteiger partial charge is 0.328 e. The molecule has 0 saturated heterocycles. The maximum atomic E-state index is 9.55. The minimum Gasteiger partial charge on any atom is -0.497 e. The number of hydrogen-bond donors (Lipinski definition) is 4. The Morgan fingerprint density at radius 3 is 1.62 bits per heavy atom. The fraction of sp³-hybridized carbons (Fsp3) is 0.240. The van der Waals surface area contributed by atoms with E-state index in [0.717, 1.165) is 31.2 Å². The van der Waals surface area contributed by atoms with Crippen LogP contribution < -0.4 is 9.64 Å². The number of likely N-dealkylation sites (N-methyl/N-ethyl adjacent to an activating group) is 1. The van der Waals surface area contributed by atoms with Gasteiger partial charge in [-0.1, -0.05) is 18.2 Å². The zero-order valence-electron chi connectivity index (χ0n) is 20.7. The number of aliphatic carboxylic acids is 4. The standard InChI is InChI=1S/C17H23N3O.2C4H4O4/c1-19(2)12-13-20(17-6-4-5-11-18-17)14-15-7-9-16(21-3)10-8-15;2*5-3(6)1-2-4(7)8/h4-11H,12-14H2,1-3H3;2*1-2H,(H,5,6)(H,7,8)/b;2*2-1-. The zero-order chi connectivity index (χ0) is 28.2. The SMILES string of the molecule is COc1ccc(CN(CCN(C)C)c2ccccn2)cc1.O=C(O)/C=C\C(=O)O.O=C(O)/C=C\C(=O)O. The van der Waals surface area contributed by atoms with Crippen molar-refractivity contribution >= 4 is 29.7 Å². The van der Waals surface area contributed by atoms with E-state index in [1.807, 2.05) is 30.5 Å². The van der Waals surface area contributed by atoms with E-state index in [2.05, 4.69) is 47.1 Å². The monoisotopic (exact) mass is 517 g/mol. The van der Waals surface area contributed by atoms with Gasteiger partial charge in [0.25, 0.3) is 0 Å². The van der Waals surface area contributed by atoms with Crippen LogP contribution in [0.4, 0.5) is 5.82 Å². The van der Waals surface area contributed by atoms with E-state index in [1.165, 1.54) is 5.56 Å². The van der Waals surface area contributed by atoms with Crippen molar-refractivity contribution in [3.63, 3.8) is 0 Å². The number of nitrogens with zero attached hydrogens (tertiary/aromatic N) is 3. The third-order valence-electron chi connectivity index (χ3n) is 4.06. The van der Waals surface area contributed by atoms with Crippen molar-refractivity contribution in [2.75, 3.05) is 39.2 Å². The van der Waals surface area contributed by atoms with Crippen LogP contribution in [0.25, 0.3) is 0 Å². The number of hydrogen-bond acceptors (Lipinski definition) is 8. The molecule has 1 aromatic carbocycles. The summed E-state index contributed by atoms with van der Waals surface area (Å²) < 4.78 is 5.21. The molecule has 0 radical (unpaired) electrons. The van der Waals surface area contributed by atoms with E-state index in [9.17, 15) is 19.2 Å². The number of methoxy groups -OCH3 is 1. The first-order valence-electron chi connectivity index (χ1n) is 10.7. The second kappa shape index (κ2) is 18.6. The minimum absolute atomic E-state index is 0.558. The molecule has 0 spiro atoms. The van der Waals surface area contributed by atoms with Gasteiger partial charge in [-0.3, -0.25) is 0 Å². The minimum atomic E-state index is -1.26. The molecule has 0 aliphatic rings. The van der Waals surface area contributed by atoms with Gasteiger partial charge in [-0.15, -0.1) is 0 Å². The molecule has 0 saturated carbocycles. The quantitative estimate of drug-likeness (QED) is 0.319. The van der Waals surface area contributed by atoms with E-state index in [1.54, 1.807) is 7.11 Å². The van der Waals surface area contributed by atoms with Gasteiger partial charge in [0.05, 0.1) is 7.11 Å². The first kappa shape index (κ1) is 32.3. The van der Waals surface area contributed by atoms with Crippen molar-refractivity contribution in [2.24, 2.45) is 0 Å². The van der Waals surface area contributed by atoms with E-state index in [0.29, 0.717) is 24.3 Å². The number of carbonyl (C=O) groups is 4. The Balaban J connectivity index is 0.000000669. The molecule has 200 valence electrons. The Labute approximate surface area is 214 Å². The van der Waals surface area contributed by atoms with Crippen molar-refractivity contribution in [1.82, 2.24) is 9.88 Å². The Morgan fingerprint density at radius 2 is 1.27 bits per heavy atom. The van der Waals surface area contributed by atoms with Crippen LogP contribution in [0.1, 0.15) is 5.56 Å². The molecule has 0 amide bonds. The summed E-state index contributed by atoms with van der Waals surface area (Å²) in [7, 11) is 5.86. The summed E-state index contributed by atoms with van der Waals surface area (Å²) >= 11 is 0. The van der Waals surface area contributed by atoms with Gasteiger partial charge in [-0.25, -0.2) is 24.2 Å². The number of aromatic nitrogens is 1. The molecule has 0 bridgehead atoms. The van der Waals surface area contributed by atoms with Gasteiger partial charge in [0.15, 0.2) is 0 Å². The highest BCUT2D eigenvalue weighted by atomic mass is 16.5. The van der Waals surface area contributed by atoms with E-state index < -0.39 is 23.9 Å². The van der Waals surface area contributed by atoms with Gasteiger partial charge in [-0.05, 0) is 43.9 Å². The lowest BCUT2D eigenvalue weighted by Gasteiger charge is -2.25. The predicted molar refractivity (Wildman–Crippen MR) is 136 cm³/mol. The molecular weight excluding hydrogens is 486 g/mol. The van der Waals surface area contributed by atoms with Crippen molar-refractivity contribution < 1.29 is 44.3 Å². The third-order valence-corrected chi connectivity index (χ3v) is 4.06. The number of carboxylic acid groups (broad SMARTS) is 4. The molecule has 0 aliphatic carbocycles. The highest BCUT2D eigenvalue weighted by Gasteiger charge is 2.09. The molecular formula is C25H31N3O9. The molecule has 12 heteroatoms. The van der Waals surface area contributed by atoms with Gasteiger partial charge in [0.1, 0.15) is 11.6 Å². The van der Waals surface area contributed by atoms with Crippen LogP contribution in [-0.2, 0) is 25.7 Å². The van der Waals surface area contributed by atoms with Gasteiger partial charge in [0.2, 0.25) is 0 Å². The van der Waals surface area contributed by atoms with Gasteiger partial charge in [-0.2, -0.15) is 0 Å². The summed E-state index contributed by atoms with van der Waals surface area (Å²) in [4.78, 5) is 47.2. The molecule has 0 unspecified atom stereocenters. The lowest BCUT2D eigenvalue weighted by atomic mass is 10.2. The maximum Gasteiger partial charge on any atom is 0.328 e. The molecule has 1 aromatic heterocycles. The van der Waals surface area contributed by atoms with Crippen LogP contribution in [0.5, 0.6) is 5.75 Å². The highest BCUT2D eigenvalue weighted by Crippen LogP contribution is 2.16. The summed E-state index contributed by atoms with van der Waals surface area (Å²) in [6.07, 6.45) is 4.07. The van der Waals surface area contributed by atoms with Crippen LogP contribution in [0.15, 0.2) is 73.0 Å². The third kappa shape index (κ3) is 18.3. The zero-order valence-corrected chi connectivity index (χ0v) is 20.7. The van der Waals surface area contributed by atoms with Crippen molar-refractivity contribution in [2.45, 2.75) is 6.54 Å². The van der Waals surface area contributed by atoms with Gasteiger partial charge < -0.3 is 35.0 Å². The Hall–Kier alpha value is -4.71.